The van der Waals surface area contributed by atoms with Crippen molar-refractivity contribution >= 4 is 11.9 Å². The van der Waals surface area contributed by atoms with E-state index in [1.54, 1.807) is 0 Å². The highest BCUT2D eigenvalue weighted by Gasteiger charge is 2.43. The van der Waals surface area contributed by atoms with Gasteiger partial charge in [0.05, 0.1) is 6.54 Å². The zero-order chi connectivity index (χ0) is 14.0. The fourth-order valence-corrected chi connectivity index (χ4v) is 1.03. The molecule has 0 saturated heterocycles. The number of halogens is 3. The van der Waals surface area contributed by atoms with Crippen LogP contribution in [0.2, 0.25) is 0 Å². The molecule has 1 N–H and O–H groups in total. The van der Waals surface area contributed by atoms with Gasteiger partial charge in [-0.1, -0.05) is 26.2 Å². The highest BCUT2D eigenvalue weighted by Crippen LogP contribution is 2.16. The van der Waals surface area contributed by atoms with Crippen LogP contribution in [-0.2, 0) is 19.4 Å². The zero-order valence-electron chi connectivity index (χ0n) is 10.0. The summed E-state index contributed by atoms with van der Waals surface area (Å²) in [4.78, 5) is 28.0. The molecule has 0 heterocycles. The molecule has 0 fully saturated rings. The first-order valence-electron chi connectivity index (χ1n) is 5.57. The Hall–Kier alpha value is -1.31. The zero-order valence-corrected chi connectivity index (χ0v) is 10.0. The van der Waals surface area contributed by atoms with E-state index in [-0.39, 0.29) is 6.54 Å². The van der Waals surface area contributed by atoms with E-state index in [1.165, 1.54) is 0 Å². The van der Waals surface area contributed by atoms with Crippen molar-refractivity contribution in [1.29, 1.82) is 0 Å². The van der Waals surface area contributed by atoms with Crippen molar-refractivity contribution in [3.8, 4) is 0 Å². The first-order valence-corrected chi connectivity index (χ1v) is 5.57. The van der Waals surface area contributed by atoms with E-state index >= 15 is 0 Å². The molecule has 0 aromatic carbocycles. The Bertz CT molecular complexity index is 268. The van der Waals surface area contributed by atoms with E-state index < -0.39 is 18.1 Å². The maximum Gasteiger partial charge on any atom is 0.495 e. The smallest absolute Gasteiger partial charge is 0.307 e. The van der Waals surface area contributed by atoms with Gasteiger partial charge in [-0.05, 0) is 13.0 Å². The summed E-state index contributed by atoms with van der Waals surface area (Å²) in [6.45, 7) is 2.29. The molecule has 0 atom stereocenters. The molecular weight excluding hydrogens is 255 g/mol. The minimum absolute atomic E-state index is 0.308. The molecular formula is C10H16F3NO4. The average molecular weight is 271 g/mol. The Labute approximate surface area is 103 Å². The number of carbonyl (C=O) groups excluding carboxylic acids is 2. The van der Waals surface area contributed by atoms with Gasteiger partial charge in [-0.15, -0.1) is 0 Å². The monoisotopic (exact) mass is 271 g/mol. The second-order valence-corrected chi connectivity index (χ2v) is 3.56. The number of unbranched alkanes of at least 4 members (excludes halogenated alkanes) is 3. The van der Waals surface area contributed by atoms with Gasteiger partial charge in [0.2, 0.25) is 0 Å². The number of hydrogen-bond acceptors (Lipinski definition) is 5. The molecule has 8 heteroatoms. The average Bonchev–Trinajstić information content (AvgIpc) is 2.29. The van der Waals surface area contributed by atoms with Crippen LogP contribution in [0.25, 0.3) is 0 Å². The van der Waals surface area contributed by atoms with Crippen molar-refractivity contribution in [3.63, 3.8) is 0 Å². The van der Waals surface area contributed by atoms with Crippen molar-refractivity contribution < 1.29 is 32.5 Å². The van der Waals surface area contributed by atoms with Gasteiger partial charge in [0, 0.05) is 0 Å². The van der Waals surface area contributed by atoms with Gasteiger partial charge in [0.25, 0.3) is 0 Å². The van der Waals surface area contributed by atoms with Crippen LogP contribution in [0.5, 0.6) is 0 Å². The Morgan fingerprint density at radius 2 is 1.78 bits per heavy atom. The second-order valence-electron chi connectivity index (χ2n) is 3.56. The number of alkyl halides is 3. The van der Waals surface area contributed by atoms with Gasteiger partial charge in [-0.2, -0.15) is 13.2 Å². The molecule has 18 heavy (non-hydrogen) atoms. The second kappa shape index (κ2) is 8.73. The topological polar surface area (TPSA) is 64.6 Å². The van der Waals surface area contributed by atoms with Crippen LogP contribution in [0.3, 0.4) is 0 Å². The van der Waals surface area contributed by atoms with E-state index in [4.69, 9.17) is 0 Å². The molecule has 0 unspecified atom stereocenters. The van der Waals surface area contributed by atoms with Crippen LogP contribution < -0.4 is 5.32 Å². The Balaban J connectivity index is 3.52. The summed E-state index contributed by atoms with van der Waals surface area (Å²) in [6, 6.07) is 0. The summed E-state index contributed by atoms with van der Waals surface area (Å²) in [7, 11) is 0. The maximum absolute atomic E-state index is 11.6. The lowest BCUT2D eigenvalue weighted by molar-refractivity contribution is -0.285. The first-order chi connectivity index (χ1) is 8.38. The fourth-order valence-electron chi connectivity index (χ4n) is 1.03. The lowest BCUT2D eigenvalue weighted by Gasteiger charge is -2.06. The van der Waals surface area contributed by atoms with Crippen molar-refractivity contribution in [2.24, 2.45) is 0 Å². The number of carbonyl (C=O) groups is 2. The third-order valence-electron chi connectivity index (χ3n) is 1.92. The summed E-state index contributed by atoms with van der Waals surface area (Å²) >= 11 is 0. The standard InChI is InChI=1S/C10H16F3NO4/c1-2-3-4-5-6-14-7-8(15)17-18-9(16)10(11,12)13/h14H,2-7H2,1H3. The molecule has 0 aliphatic carbocycles. The molecule has 0 spiro atoms. The molecule has 0 aliphatic rings. The highest BCUT2D eigenvalue weighted by molar-refractivity contribution is 5.77. The number of rotatable bonds is 7. The van der Waals surface area contributed by atoms with Crippen molar-refractivity contribution in [2.75, 3.05) is 13.1 Å². The summed E-state index contributed by atoms with van der Waals surface area (Å²) in [6.07, 6.45) is -1.16. The molecule has 0 saturated carbocycles. The van der Waals surface area contributed by atoms with E-state index in [0.717, 1.165) is 25.7 Å². The molecule has 0 radical (unpaired) electrons. The van der Waals surface area contributed by atoms with E-state index in [2.05, 4.69) is 22.0 Å². The predicted octanol–water partition coefficient (Wildman–Crippen LogP) is 1.72. The molecule has 0 aromatic rings. The van der Waals surface area contributed by atoms with Crippen molar-refractivity contribution in [3.05, 3.63) is 0 Å². The summed E-state index contributed by atoms with van der Waals surface area (Å²) < 4.78 is 34.9. The summed E-state index contributed by atoms with van der Waals surface area (Å²) in [5.74, 6) is -3.64. The minimum atomic E-state index is -5.17. The normalized spacial score (nSPS) is 11.1. The molecule has 0 amide bonds. The molecule has 106 valence electrons. The van der Waals surface area contributed by atoms with Crippen LogP contribution in [0, 0.1) is 0 Å². The Morgan fingerprint density at radius 1 is 1.11 bits per heavy atom. The fraction of sp³-hybridized carbons (Fsp3) is 0.800. The van der Waals surface area contributed by atoms with E-state index in [9.17, 15) is 22.8 Å². The Morgan fingerprint density at radius 3 is 2.33 bits per heavy atom. The largest absolute Gasteiger partial charge is 0.495 e. The SMILES string of the molecule is CCCCCCNCC(=O)OOC(=O)C(F)(F)F. The minimum Gasteiger partial charge on any atom is -0.307 e. The number of hydrogen-bond donors (Lipinski definition) is 1. The van der Waals surface area contributed by atoms with Gasteiger partial charge in [-0.25, -0.2) is 19.4 Å². The quantitative estimate of drug-likeness (QED) is 0.434. The third kappa shape index (κ3) is 8.80. The molecule has 0 aromatic heterocycles. The van der Waals surface area contributed by atoms with Crippen molar-refractivity contribution in [1.82, 2.24) is 5.32 Å². The number of nitrogens with one attached hydrogen (secondary N) is 1. The predicted molar refractivity (Wildman–Crippen MR) is 55.3 cm³/mol. The molecule has 0 rings (SSSR count). The van der Waals surface area contributed by atoms with Gasteiger partial charge in [-0.3, -0.25) is 0 Å². The lowest BCUT2D eigenvalue weighted by Crippen LogP contribution is -2.30. The van der Waals surface area contributed by atoms with Crippen LogP contribution in [0.4, 0.5) is 13.2 Å². The maximum atomic E-state index is 11.6. The Kier molecular flexibility index (Phi) is 8.10. The van der Waals surface area contributed by atoms with Crippen LogP contribution in [0.1, 0.15) is 32.6 Å². The third-order valence-corrected chi connectivity index (χ3v) is 1.92. The van der Waals surface area contributed by atoms with Crippen molar-refractivity contribution in [2.45, 2.75) is 38.8 Å². The first kappa shape index (κ1) is 16.7. The highest BCUT2D eigenvalue weighted by atomic mass is 19.4. The van der Waals surface area contributed by atoms with Gasteiger partial charge >= 0.3 is 18.1 Å². The van der Waals surface area contributed by atoms with Gasteiger partial charge in [0.15, 0.2) is 0 Å². The van der Waals surface area contributed by atoms with Gasteiger partial charge in [0.1, 0.15) is 0 Å². The van der Waals surface area contributed by atoms with E-state index in [0.29, 0.717) is 6.54 Å². The summed E-state index contributed by atoms with van der Waals surface area (Å²) in [5.41, 5.74) is 0. The van der Waals surface area contributed by atoms with Gasteiger partial charge < -0.3 is 5.32 Å². The van der Waals surface area contributed by atoms with Crippen LogP contribution in [-0.4, -0.2) is 31.2 Å². The molecule has 0 aliphatic heterocycles. The van der Waals surface area contributed by atoms with Crippen LogP contribution >= 0.6 is 0 Å². The summed E-state index contributed by atoms with van der Waals surface area (Å²) in [5, 5.41) is 2.66. The van der Waals surface area contributed by atoms with Crippen LogP contribution in [0.15, 0.2) is 0 Å². The molecule has 5 nitrogen and oxygen atoms in total. The van der Waals surface area contributed by atoms with E-state index in [1.807, 2.05) is 0 Å². The lowest BCUT2D eigenvalue weighted by atomic mass is 10.2. The molecule has 0 bridgehead atoms.